The first-order valence-electron chi connectivity index (χ1n) is 19.2. The van der Waals surface area contributed by atoms with Crippen molar-refractivity contribution in [3.63, 3.8) is 0 Å². The molecule has 0 amide bonds. The zero-order valence-electron chi connectivity index (χ0n) is 28.9. The smallest absolute Gasteiger partial charge is 0.194 e. The molecule has 7 rings (SSSR count). The van der Waals surface area contributed by atoms with Gasteiger partial charge >= 0.3 is 0 Å². The van der Waals surface area contributed by atoms with Crippen LogP contribution < -0.4 is 0 Å². The molecule has 12 unspecified atom stereocenters. The summed E-state index contributed by atoms with van der Waals surface area (Å²) in [6, 6.07) is 0. The fraction of sp³-hybridized carbons (Fsp3) is 0.974. The molecule has 44 heavy (non-hydrogen) atoms. The molecule has 0 N–H and O–H groups in total. The van der Waals surface area contributed by atoms with Gasteiger partial charge in [-0.3, -0.25) is 4.79 Å². The Balaban J connectivity index is 0.804. The molecule has 7 fully saturated rings. The molecule has 0 aliphatic heterocycles. The Hall–Kier alpha value is 0.290. The largest absolute Gasteiger partial charge is 0.378 e. The van der Waals surface area contributed by atoms with E-state index in [0.717, 1.165) is 77.6 Å². The predicted octanol–water partition coefficient (Wildman–Crippen LogP) is 10.1. The Morgan fingerprint density at radius 3 is 1.55 bits per heavy atom. The van der Waals surface area contributed by atoms with E-state index in [0.29, 0.717) is 27.3 Å². The first kappa shape index (κ1) is 32.8. The minimum Gasteiger partial charge on any atom is -0.378 e. The summed E-state index contributed by atoms with van der Waals surface area (Å²) in [6.07, 6.45) is 20.0. The number of hydrogen-bond acceptors (Lipinski definition) is 5. The number of carbonyl (C=O) groups is 1. The van der Waals surface area contributed by atoms with E-state index in [1.807, 2.05) is 0 Å². The Morgan fingerprint density at radius 1 is 0.614 bits per heavy atom. The lowest BCUT2D eigenvalue weighted by molar-refractivity contribution is -0.117. The summed E-state index contributed by atoms with van der Waals surface area (Å²) in [4.78, 5) is 12.7. The van der Waals surface area contributed by atoms with Crippen LogP contribution in [0.1, 0.15) is 131 Å². The predicted molar refractivity (Wildman–Crippen MR) is 186 cm³/mol. The lowest BCUT2D eigenvalue weighted by Gasteiger charge is -2.35. The van der Waals surface area contributed by atoms with Gasteiger partial charge in [-0.05, 0) is 149 Å². The third-order valence-electron chi connectivity index (χ3n) is 14.6. The molecule has 0 aromatic rings. The van der Waals surface area contributed by atoms with Gasteiger partial charge in [0.15, 0.2) is 5.12 Å². The molecule has 0 aromatic heterocycles. The van der Waals surface area contributed by atoms with Crippen LogP contribution in [0.4, 0.5) is 0 Å². The maximum absolute atomic E-state index is 12.7. The highest BCUT2D eigenvalue weighted by Gasteiger charge is 2.58. The average Bonchev–Trinajstić information content (AvgIpc) is 3.83. The van der Waals surface area contributed by atoms with E-state index in [4.69, 9.17) is 9.47 Å². The van der Waals surface area contributed by atoms with Crippen molar-refractivity contribution in [2.75, 3.05) is 13.2 Å². The summed E-state index contributed by atoms with van der Waals surface area (Å²) in [5.41, 5.74) is -0.220. The molecule has 0 aromatic carbocycles. The van der Waals surface area contributed by atoms with Gasteiger partial charge in [-0.2, -0.15) is 11.8 Å². The third-order valence-corrected chi connectivity index (χ3v) is 18.0. The van der Waals surface area contributed by atoms with Gasteiger partial charge in [0.1, 0.15) is 0 Å². The average molecular weight is 645 g/mol. The fourth-order valence-corrected chi connectivity index (χ4v) is 14.8. The van der Waals surface area contributed by atoms with E-state index in [1.54, 1.807) is 11.8 Å². The number of fused-ring (bicyclic) bond motifs is 10. The van der Waals surface area contributed by atoms with E-state index in [1.165, 1.54) is 89.9 Å². The monoisotopic (exact) mass is 644 g/mol. The lowest BCUT2D eigenvalue weighted by atomic mass is 9.79. The van der Waals surface area contributed by atoms with E-state index >= 15 is 0 Å². The van der Waals surface area contributed by atoms with Crippen molar-refractivity contribution in [2.24, 2.45) is 64.6 Å². The molecule has 3 nitrogen and oxygen atoms in total. The SMILES string of the molecule is CCC(C)(CC)SC1CC2C3CC(OCC4CCC(COC5CC6CC5C5CC(SC(=O)C(C)(C)C)CC65)CC4)C(C3)C2C1. The van der Waals surface area contributed by atoms with Crippen LogP contribution in [0, 0.1) is 64.6 Å². The van der Waals surface area contributed by atoms with E-state index in [-0.39, 0.29) is 5.41 Å². The minimum atomic E-state index is -0.220. The standard InChI is InChI=1S/C39H64O3S2/c1-7-39(6,8-2)44-28-19-30-26-14-34(32(30)20-28)36(16-26)42-22-24-11-9-23(10-12-24)21-41-35-15-25-13-33(35)31-18-27(17-29(25)31)43-37(40)38(3,4)5/h23-36H,7-22H2,1-6H3. The third kappa shape index (κ3) is 6.50. The van der Waals surface area contributed by atoms with Crippen molar-refractivity contribution in [3.05, 3.63) is 0 Å². The Bertz CT molecular complexity index is 1010. The van der Waals surface area contributed by atoms with E-state index < -0.39 is 0 Å². The van der Waals surface area contributed by atoms with Gasteiger partial charge in [-0.25, -0.2) is 0 Å². The summed E-state index contributed by atoms with van der Waals surface area (Å²) in [5.74, 6) is 8.65. The molecule has 7 aliphatic rings. The van der Waals surface area contributed by atoms with E-state index in [2.05, 4.69) is 53.3 Å². The Morgan fingerprint density at radius 2 is 1.07 bits per heavy atom. The van der Waals surface area contributed by atoms with Crippen molar-refractivity contribution in [1.29, 1.82) is 0 Å². The molecular weight excluding hydrogens is 581 g/mol. The number of ether oxygens (including phenoxy) is 2. The van der Waals surface area contributed by atoms with Gasteiger partial charge in [0.05, 0.1) is 12.2 Å². The molecule has 5 heteroatoms. The van der Waals surface area contributed by atoms with Gasteiger partial charge in [-0.15, -0.1) is 0 Å². The second-order valence-corrected chi connectivity index (χ2v) is 21.4. The number of carbonyl (C=O) groups excluding carboxylic acids is 1. The summed E-state index contributed by atoms with van der Waals surface area (Å²) in [7, 11) is 0. The molecule has 12 atom stereocenters. The van der Waals surface area contributed by atoms with Crippen LogP contribution in [-0.4, -0.2) is 45.8 Å². The van der Waals surface area contributed by atoms with Crippen LogP contribution in [0.5, 0.6) is 0 Å². The van der Waals surface area contributed by atoms with Crippen LogP contribution in [0.3, 0.4) is 0 Å². The Labute approximate surface area is 278 Å². The molecule has 7 aliphatic carbocycles. The van der Waals surface area contributed by atoms with Crippen LogP contribution >= 0.6 is 23.5 Å². The first-order chi connectivity index (χ1) is 21.0. The van der Waals surface area contributed by atoms with Crippen molar-refractivity contribution in [1.82, 2.24) is 0 Å². The minimum absolute atomic E-state index is 0.220. The van der Waals surface area contributed by atoms with Gasteiger partial charge < -0.3 is 9.47 Å². The van der Waals surface area contributed by atoms with Gasteiger partial charge in [0.2, 0.25) is 0 Å². The number of hydrogen-bond donors (Lipinski definition) is 0. The highest BCUT2D eigenvalue weighted by molar-refractivity contribution is 8.14. The van der Waals surface area contributed by atoms with Crippen molar-refractivity contribution in [3.8, 4) is 0 Å². The molecule has 0 heterocycles. The van der Waals surface area contributed by atoms with Gasteiger partial charge in [0, 0.05) is 33.9 Å². The number of thioether (sulfide) groups is 2. The molecule has 7 saturated carbocycles. The second kappa shape index (κ2) is 13.0. The van der Waals surface area contributed by atoms with Gasteiger partial charge in [-0.1, -0.05) is 53.3 Å². The van der Waals surface area contributed by atoms with Crippen molar-refractivity contribution in [2.45, 2.75) is 159 Å². The van der Waals surface area contributed by atoms with Crippen LogP contribution in [0.2, 0.25) is 0 Å². The summed E-state index contributed by atoms with van der Waals surface area (Å²) in [6.45, 7) is 15.5. The van der Waals surface area contributed by atoms with Crippen molar-refractivity contribution < 1.29 is 14.3 Å². The molecule has 250 valence electrons. The summed E-state index contributed by atoms with van der Waals surface area (Å²) < 4.78 is 14.0. The highest BCUT2D eigenvalue weighted by Crippen LogP contribution is 2.63. The molecule has 4 bridgehead atoms. The van der Waals surface area contributed by atoms with Crippen LogP contribution in [0.25, 0.3) is 0 Å². The topological polar surface area (TPSA) is 35.5 Å². The molecule has 0 radical (unpaired) electrons. The second-order valence-electron chi connectivity index (χ2n) is 18.2. The molecule has 0 saturated heterocycles. The lowest BCUT2D eigenvalue weighted by Crippen LogP contribution is -2.33. The fourth-order valence-electron chi connectivity index (χ4n) is 11.7. The van der Waals surface area contributed by atoms with Crippen LogP contribution in [0.15, 0.2) is 0 Å². The molecule has 0 spiro atoms. The zero-order chi connectivity index (χ0) is 30.8. The summed E-state index contributed by atoms with van der Waals surface area (Å²) in [5, 5.41) is 1.84. The van der Waals surface area contributed by atoms with Crippen molar-refractivity contribution >= 4 is 28.6 Å². The quantitative estimate of drug-likeness (QED) is 0.224. The van der Waals surface area contributed by atoms with Crippen LogP contribution in [-0.2, 0) is 14.3 Å². The molecular formula is C39H64O3S2. The zero-order valence-corrected chi connectivity index (χ0v) is 30.6. The number of rotatable bonds is 11. The van der Waals surface area contributed by atoms with E-state index in [9.17, 15) is 4.79 Å². The summed E-state index contributed by atoms with van der Waals surface area (Å²) >= 11 is 4.01. The Kier molecular flexibility index (Phi) is 9.67. The van der Waals surface area contributed by atoms with Gasteiger partial charge in [0.25, 0.3) is 0 Å². The highest BCUT2D eigenvalue weighted by atomic mass is 32.2. The maximum atomic E-state index is 12.7. The normalized spacial score (nSPS) is 46.1. The first-order valence-corrected chi connectivity index (χ1v) is 20.9. The maximum Gasteiger partial charge on any atom is 0.194 e.